The number of carbonyl (C=O) groups is 3. The highest BCUT2D eigenvalue weighted by molar-refractivity contribution is 6.25. The summed E-state index contributed by atoms with van der Waals surface area (Å²) in [5.74, 6) is -2.30. The minimum absolute atomic E-state index is 0.197. The summed E-state index contributed by atoms with van der Waals surface area (Å²) in [5.41, 5.74) is -0.286. The molecule has 0 aromatic heterocycles. The van der Waals surface area contributed by atoms with Crippen LogP contribution in [0.4, 0.5) is 5.69 Å². The summed E-state index contributed by atoms with van der Waals surface area (Å²) < 4.78 is 10.5. The normalized spacial score (nSPS) is 34.2. The Morgan fingerprint density at radius 1 is 1.26 bits per heavy atom. The molecule has 2 saturated heterocycles. The predicted octanol–water partition coefficient (Wildman–Crippen LogP) is 1.31. The molecule has 3 aliphatic rings. The number of esters is 1. The van der Waals surface area contributed by atoms with Gasteiger partial charge >= 0.3 is 5.97 Å². The first-order valence-corrected chi connectivity index (χ1v) is 7.40. The summed E-state index contributed by atoms with van der Waals surface area (Å²) in [6.45, 7) is 1.81. The summed E-state index contributed by atoms with van der Waals surface area (Å²) >= 11 is 0. The topological polar surface area (TPSA) is 72.9 Å². The zero-order valence-corrected chi connectivity index (χ0v) is 12.7. The van der Waals surface area contributed by atoms with E-state index < -0.39 is 23.4 Å². The number of amides is 2. The minimum Gasteiger partial charge on any atom is -0.465 e. The third kappa shape index (κ3) is 1.69. The SMILES string of the molecule is COC(=O)c1ccccc1N1C(=O)[C@H]2[C@H]3C=C[C@@](C)(O3)[C@H]2C1=O. The van der Waals surface area contributed by atoms with Crippen LogP contribution in [0.1, 0.15) is 17.3 Å². The van der Waals surface area contributed by atoms with Crippen LogP contribution >= 0.6 is 0 Å². The average molecular weight is 313 g/mol. The molecule has 0 N–H and O–H groups in total. The Labute approximate surface area is 132 Å². The standard InChI is InChI=1S/C17H15NO5/c1-17-8-7-11(23-17)12-13(17)15(20)18(14(12)19)10-6-4-3-5-9(10)16(21)22-2/h3-8,11-13H,1-2H3/t11-,12+,13-,17-/m1/s1. The third-order valence-electron chi connectivity index (χ3n) is 4.88. The lowest BCUT2D eigenvalue weighted by Crippen LogP contribution is -2.39. The summed E-state index contributed by atoms with van der Waals surface area (Å²) in [6.07, 6.45) is 3.30. The fourth-order valence-electron chi connectivity index (χ4n) is 3.84. The third-order valence-corrected chi connectivity index (χ3v) is 4.88. The number of anilines is 1. The molecule has 1 aromatic carbocycles. The molecule has 118 valence electrons. The molecule has 4 rings (SSSR count). The van der Waals surface area contributed by atoms with Gasteiger partial charge in [0, 0.05) is 0 Å². The van der Waals surface area contributed by atoms with E-state index in [1.807, 2.05) is 19.1 Å². The number of hydrogen-bond donors (Lipinski definition) is 0. The van der Waals surface area contributed by atoms with Gasteiger partial charge in [-0.1, -0.05) is 24.3 Å². The van der Waals surface area contributed by atoms with Crippen molar-refractivity contribution >= 4 is 23.5 Å². The molecule has 0 unspecified atom stereocenters. The van der Waals surface area contributed by atoms with Gasteiger partial charge in [0.1, 0.15) is 0 Å². The van der Waals surface area contributed by atoms with Crippen LogP contribution in [0.15, 0.2) is 36.4 Å². The van der Waals surface area contributed by atoms with E-state index in [0.29, 0.717) is 0 Å². The Morgan fingerprint density at radius 3 is 2.70 bits per heavy atom. The maximum absolute atomic E-state index is 12.9. The van der Waals surface area contributed by atoms with Crippen molar-refractivity contribution in [2.75, 3.05) is 12.0 Å². The molecule has 3 aliphatic heterocycles. The maximum atomic E-state index is 12.9. The molecular weight excluding hydrogens is 298 g/mol. The zero-order chi connectivity index (χ0) is 16.4. The molecule has 6 nitrogen and oxygen atoms in total. The lowest BCUT2D eigenvalue weighted by atomic mass is 9.78. The van der Waals surface area contributed by atoms with Gasteiger partial charge in [0.05, 0.1) is 41.9 Å². The molecule has 0 saturated carbocycles. The van der Waals surface area contributed by atoms with Crippen molar-refractivity contribution in [3.8, 4) is 0 Å². The van der Waals surface area contributed by atoms with E-state index in [2.05, 4.69) is 0 Å². The summed E-state index contributed by atoms with van der Waals surface area (Å²) in [6, 6.07) is 6.47. The number of nitrogens with zero attached hydrogens (tertiary/aromatic N) is 1. The maximum Gasteiger partial charge on any atom is 0.339 e. The quantitative estimate of drug-likeness (QED) is 0.467. The number of rotatable bonds is 2. The van der Waals surface area contributed by atoms with E-state index in [9.17, 15) is 14.4 Å². The van der Waals surface area contributed by atoms with Gasteiger partial charge in [0.25, 0.3) is 0 Å². The summed E-state index contributed by atoms with van der Waals surface area (Å²) in [7, 11) is 1.26. The first-order valence-electron chi connectivity index (χ1n) is 7.40. The first kappa shape index (κ1) is 14.1. The minimum atomic E-state index is -0.753. The first-order chi connectivity index (χ1) is 11.0. The Morgan fingerprint density at radius 2 is 2.00 bits per heavy atom. The second-order valence-electron chi connectivity index (χ2n) is 6.15. The van der Waals surface area contributed by atoms with Crippen molar-refractivity contribution in [3.05, 3.63) is 42.0 Å². The van der Waals surface area contributed by atoms with Crippen LogP contribution in [0.5, 0.6) is 0 Å². The van der Waals surface area contributed by atoms with Gasteiger partial charge < -0.3 is 9.47 Å². The summed E-state index contributed by atoms with van der Waals surface area (Å²) in [5, 5.41) is 0. The Balaban J connectivity index is 1.80. The molecule has 3 heterocycles. The largest absolute Gasteiger partial charge is 0.465 e. The highest BCUT2D eigenvalue weighted by Crippen LogP contribution is 2.52. The number of imide groups is 1. The van der Waals surface area contributed by atoms with Crippen molar-refractivity contribution in [2.45, 2.75) is 18.6 Å². The Bertz CT molecular complexity index is 770. The monoisotopic (exact) mass is 313 g/mol. The number of methoxy groups -OCH3 is 1. The van der Waals surface area contributed by atoms with Crippen molar-refractivity contribution in [3.63, 3.8) is 0 Å². The van der Waals surface area contributed by atoms with Crippen LogP contribution in [-0.2, 0) is 19.1 Å². The molecule has 4 atom stereocenters. The Kier molecular flexibility index (Phi) is 2.78. The van der Waals surface area contributed by atoms with Gasteiger partial charge in [-0.2, -0.15) is 0 Å². The summed E-state index contributed by atoms with van der Waals surface area (Å²) in [4.78, 5) is 38.8. The number of carbonyl (C=O) groups excluding carboxylic acids is 3. The van der Waals surface area contributed by atoms with Gasteiger partial charge in [-0.15, -0.1) is 0 Å². The molecule has 1 aromatic rings. The number of hydrogen-bond acceptors (Lipinski definition) is 5. The van der Waals surface area contributed by atoms with E-state index in [4.69, 9.17) is 9.47 Å². The smallest absolute Gasteiger partial charge is 0.339 e. The van der Waals surface area contributed by atoms with Gasteiger partial charge in [0.15, 0.2) is 0 Å². The van der Waals surface area contributed by atoms with Crippen LogP contribution < -0.4 is 4.90 Å². The van der Waals surface area contributed by atoms with E-state index in [1.54, 1.807) is 24.3 Å². The zero-order valence-electron chi connectivity index (χ0n) is 12.7. The molecule has 2 fully saturated rings. The van der Waals surface area contributed by atoms with Crippen molar-refractivity contribution < 1.29 is 23.9 Å². The highest BCUT2D eigenvalue weighted by atomic mass is 16.5. The number of ether oxygens (including phenoxy) is 2. The van der Waals surface area contributed by atoms with Crippen molar-refractivity contribution in [1.29, 1.82) is 0 Å². The number of fused-ring (bicyclic) bond motifs is 5. The second kappa shape index (κ2) is 4.52. The van der Waals surface area contributed by atoms with Gasteiger partial charge in [-0.25, -0.2) is 9.69 Å². The molecule has 2 amide bonds. The predicted molar refractivity (Wildman–Crippen MR) is 79.7 cm³/mol. The lowest BCUT2D eigenvalue weighted by molar-refractivity contribution is -0.126. The van der Waals surface area contributed by atoms with Crippen LogP contribution in [-0.4, -0.2) is 36.6 Å². The fraction of sp³-hybridized carbons (Fsp3) is 0.353. The van der Waals surface area contributed by atoms with Crippen molar-refractivity contribution in [1.82, 2.24) is 0 Å². The van der Waals surface area contributed by atoms with Crippen molar-refractivity contribution in [2.24, 2.45) is 11.8 Å². The molecule has 6 heteroatoms. The van der Waals surface area contributed by atoms with E-state index in [1.165, 1.54) is 7.11 Å². The molecule has 2 bridgehead atoms. The lowest BCUT2D eigenvalue weighted by Gasteiger charge is -2.24. The van der Waals surface area contributed by atoms with Gasteiger partial charge in [-0.3, -0.25) is 9.59 Å². The van der Waals surface area contributed by atoms with Crippen LogP contribution in [0.25, 0.3) is 0 Å². The molecule has 0 spiro atoms. The molecular formula is C17H15NO5. The Hall–Kier alpha value is -2.47. The highest BCUT2D eigenvalue weighted by Gasteiger charge is 2.66. The van der Waals surface area contributed by atoms with Crippen LogP contribution in [0, 0.1) is 11.8 Å². The molecule has 0 radical (unpaired) electrons. The van der Waals surface area contributed by atoms with Gasteiger partial charge in [-0.05, 0) is 19.1 Å². The average Bonchev–Trinajstić information content (AvgIpc) is 3.16. The number of para-hydroxylation sites is 1. The fourth-order valence-corrected chi connectivity index (χ4v) is 3.84. The van der Waals surface area contributed by atoms with E-state index in [-0.39, 0.29) is 29.2 Å². The molecule has 0 aliphatic carbocycles. The van der Waals surface area contributed by atoms with Gasteiger partial charge in [0.2, 0.25) is 11.8 Å². The van der Waals surface area contributed by atoms with Crippen LogP contribution in [0.2, 0.25) is 0 Å². The second-order valence-corrected chi connectivity index (χ2v) is 6.15. The molecule has 23 heavy (non-hydrogen) atoms. The van der Waals surface area contributed by atoms with E-state index >= 15 is 0 Å². The van der Waals surface area contributed by atoms with E-state index in [0.717, 1.165) is 4.90 Å². The number of benzene rings is 1. The van der Waals surface area contributed by atoms with Crippen LogP contribution in [0.3, 0.4) is 0 Å².